The SMILES string of the molecule is O=C(NCc1cnc(-c2cncs2)s1)c1ccc2c(c1)NC(=O)c1ccccc1S2(=O)=O. The summed E-state index contributed by atoms with van der Waals surface area (Å²) < 4.78 is 26.1. The van der Waals surface area contributed by atoms with Gasteiger partial charge in [0.1, 0.15) is 5.01 Å². The van der Waals surface area contributed by atoms with E-state index in [4.69, 9.17) is 0 Å². The van der Waals surface area contributed by atoms with Gasteiger partial charge < -0.3 is 10.6 Å². The maximum Gasteiger partial charge on any atom is 0.257 e. The number of hydrogen-bond acceptors (Lipinski definition) is 8. The van der Waals surface area contributed by atoms with Crippen LogP contribution in [0, 0.1) is 0 Å². The van der Waals surface area contributed by atoms with Crippen LogP contribution in [0.25, 0.3) is 9.88 Å². The van der Waals surface area contributed by atoms with E-state index in [1.54, 1.807) is 30.0 Å². The second-order valence-electron chi connectivity index (χ2n) is 6.84. The van der Waals surface area contributed by atoms with E-state index in [1.807, 2.05) is 0 Å². The number of rotatable bonds is 4. The highest BCUT2D eigenvalue weighted by molar-refractivity contribution is 7.91. The van der Waals surface area contributed by atoms with Crippen LogP contribution in [0.1, 0.15) is 25.6 Å². The molecule has 0 saturated carbocycles. The molecule has 0 unspecified atom stereocenters. The first-order chi connectivity index (χ1) is 15.4. The maximum absolute atomic E-state index is 13.1. The Kier molecular flexibility index (Phi) is 5.08. The van der Waals surface area contributed by atoms with Gasteiger partial charge >= 0.3 is 0 Å². The monoisotopic (exact) mass is 482 g/mol. The number of nitrogens with zero attached hydrogens (tertiary/aromatic N) is 2. The molecule has 1 aliphatic heterocycles. The molecule has 0 aliphatic carbocycles. The fourth-order valence-electron chi connectivity index (χ4n) is 3.29. The van der Waals surface area contributed by atoms with Gasteiger partial charge in [-0.25, -0.2) is 13.4 Å². The lowest BCUT2D eigenvalue weighted by Gasteiger charge is -2.10. The minimum absolute atomic E-state index is 0.0518. The van der Waals surface area contributed by atoms with Gasteiger partial charge in [-0.15, -0.1) is 22.7 Å². The number of sulfone groups is 1. The first-order valence-corrected chi connectivity index (χ1v) is 12.5. The Labute approximate surface area is 190 Å². The molecule has 0 radical (unpaired) electrons. The third-order valence-corrected chi connectivity index (χ3v) is 8.63. The van der Waals surface area contributed by atoms with Crippen LogP contribution in [0.2, 0.25) is 0 Å². The predicted octanol–water partition coefficient (Wildman–Crippen LogP) is 3.60. The zero-order valence-electron chi connectivity index (χ0n) is 16.2. The van der Waals surface area contributed by atoms with Crippen molar-refractivity contribution < 1.29 is 18.0 Å². The number of anilines is 1. The van der Waals surface area contributed by atoms with Crippen molar-refractivity contribution in [3.8, 4) is 9.88 Å². The third-order valence-electron chi connectivity index (χ3n) is 4.82. The van der Waals surface area contributed by atoms with E-state index in [9.17, 15) is 18.0 Å². The molecule has 0 fully saturated rings. The average Bonchev–Trinajstić information content (AvgIpc) is 3.47. The summed E-state index contributed by atoms with van der Waals surface area (Å²) in [4.78, 5) is 35.3. The molecule has 1 aliphatic rings. The van der Waals surface area contributed by atoms with Gasteiger partial charge in [-0.05, 0) is 30.3 Å². The van der Waals surface area contributed by atoms with E-state index in [0.717, 1.165) is 14.8 Å². The lowest BCUT2D eigenvalue weighted by Crippen LogP contribution is -2.22. The van der Waals surface area contributed by atoms with Crippen LogP contribution < -0.4 is 10.6 Å². The largest absolute Gasteiger partial charge is 0.347 e. The van der Waals surface area contributed by atoms with E-state index in [0.29, 0.717) is 0 Å². The van der Waals surface area contributed by atoms with Crippen molar-refractivity contribution >= 4 is 50.0 Å². The van der Waals surface area contributed by atoms with E-state index in [2.05, 4.69) is 20.6 Å². The zero-order valence-corrected chi connectivity index (χ0v) is 18.7. The summed E-state index contributed by atoms with van der Waals surface area (Å²) in [6, 6.07) is 10.2. The lowest BCUT2D eigenvalue weighted by atomic mass is 10.1. The summed E-state index contributed by atoms with van der Waals surface area (Å²) in [5, 5.41) is 6.24. The molecule has 160 valence electrons. The molecular weight excluding hydrogens is 468 g/mol. The van der Waals surface area contributed by atoms with Gasteiger partial charge in [0.05, 0.1) is 38.0 Å². The van der Waals surface area contributed by atoms with E-state index in [1.165, 1.54) is 53.0 Å². The number of fused-ring (bicyclic) bond motifs is 2. The number of carbonyl (C=O) groups is 2. The molecule has 2 aromatic carbocycles. The van der Waals surface area contributed by atoms with Gasteiger partial charge in [0.15, 0.2) is 0 Å². The molecule has 3 heterocycles. The zero-order chi connectivity index (χ0) is 22.3. The molecule has 0 saturated heterocycles. The summed E-state index contributed by atoms with van der Waals surface area (Å²) in [5.74, 6) is -0.935. The van der Waals surface area contributed by atoms with Gasteiger partial charge in [0.25, 0.3) is 11.8 Å². The molecule has 2 amide bonds. The van der Waals surface area contributed by atoms with Crippen LogP contribution in [0.5, 0.6) is 0 Å². The van der Waals surface area contributed by atoms with Crippen molar-refractivity contribution in [2.75, 3.05) is 5.32 Å². The Morgan fingerprint density at radius 1 is 1.09 bits per heavy atom. The van der Waals surface area contributed by atoms with E-state index < -0.39 is 21.7 Å². The van der Waals surface area contributed by atoms with Crippen molar-refractivity contribution in [3.05, 3.63) is 76.4 Å². The second kappa shape index (κ2) is 7.93. The number of carbonyl (C=O) groups excluding carboxylic acids is 2. The molecule has 0 spiro atoms. The molecule has 32 heavy (non-hydrogen) atoms. The van der Waals surface area contributed by atoms with Gasteiger partial charge in [0.2, 0.25) is 9.84 Å². The molecule has 8 nitrogen and oxygen atoms in total. The number of benzene rings is 2. The summed E-state index contributed by atoms with van der Waals surface area (Å²) in [6.45, 7) is 0.266. The number of nitrogens with one attached hydrogen (secondary N) is 2. The molecular formula is C21H14N4O4S3. The Hall–Kier alpha value is -3.41. The summed E-state index contributed by atoms with van der Waals surface area (Å²) in [6.07, 6.45) is 3.43. The minimum atomic E-state index is -3.91. The van der Waals surface area contributed by atoms with Gasteiger partial charge in [-0.1, -0.05) is 12.1 Å². The van der Waals surface area contributed by atoms with Gasteiger partial charge in [-0.3, -0.25) is 14.6 Å². The normalized spacial score (nSPS) is 14.1. The summed E-state index contributed by atoms with van der Waals surface area (Å²) >= 11 is 2.94. The highest BCUT2D eigenvalue weighted by Gasteiger charge is 2.31. The Morgan fingerprint density at radius 3 is 2.75 bits per heavy atom. The fraction of sp³-hybridized carbons (Fsp3) is 0.0476. The van der Waals surface area contributed by atoms with Crippen LogP contribution in [-0.2, 0) is 16.4 Å². The molecule has 5 rings (SSSR count). The first-order valence-electron chi connectivity index (χ1n) is 9.35. The van der Waals surface area contributed by atoms with Crippen LogP contribution in [-0.4, -0.2) is 30.2 Å². The number of amides is 2. The Morgan fingerprint density at radius 2 is 1.94 bits per heavy atom. The number of hydrogen-bond donors (Lipinski definition) is 2. The third kappa shape index (κ3) is 3.60. The van der Waals surface area contributed by atoms with Crippen LogP contribution in [0.3, 0.4) is 0 Å². The first kappa shape index (κ1) is 20.5. The minimum Gasteiger partial charge on any atom is -0.347 e. The Bertz CT molecular complexity index is 1460. The topological polar surface area (TPSA) is 118 Å². The van der Waals surface area contributed by atoms with E-state index in [-0.39, 0.29) is 33.2 Å². The van der Waals surface area contributed by atoms with Crippen molar-refractivity contribution in [2.24, 2.45) is 0 Å². The van der Waals surface area contributed by atoms with Crippen LogP contribution in [0.4, 0.5) is 5.69 Å². The Balaban J connectivity index is 1.38. The highest BCUT2D eigenvalue weighted by Crippen LogP contribution is 2.34. The van der Waals surface area contributed by atoms with Crippen LogP contribution >= 0.6 is 22.7 Å². The van der Waals surface area contributed by atoms with Crippen molar-refractivity contribution in [1.29, 1.82) is 0 Å². The molecule has 2 N–H and O–H groups in total. The quantitative estimate of drug-likeness (QED) is 0.459. The standard InChI is InChI=1S/C21H14N4O4S3/c26-19(23-8-13-9-24-21(31-13)16-10-22-11-30-16)12-5-6-18-15(7-12)25-20(27)14-3-1-2-4-17(14)32(18,28)29/h1-7,9-11H,8H2,(H,23,26)(H,25,27). The predicted molar refractivity (Wildman–Crippen MR) is 121 cm³/mol. The molecule has 0 bridgehead atoms. The number of aromatic nitrogens is 2. The lowest BCUT2D eigenvalue weighted by molar-refractivity contribution is 0.0949. The smallest absolute Gasteiger partial charge is 0.257 e. The fourth-order valence-corrected chi connectivity index (χ4v) is 6.42. The molecule has 2 aromatic heterocycles. The highest BCUT2D eigenvalue weighted by atomic mass is 32.2. The molecule has 4 aromatic rings. The molecule has 11 heteroatoms. The van der Waals surface area contributed by atoms with Gasteiger partial charge in [-0.2, -0.15) is 0 Å². The molecule has 0 atom stereocenters. The van der Waals surface area contributed by atoms with Crippen molar-refractivity contribution in [1.82, 2.24) is 15.3 Å². The van der Waals surface area contributed by atoms with Gasteiger partial charge in [0, 0.05) is 22.8 Å². The van der Waals surface area contributed by atoms with Crippen molar-refractivity contribution in [3.63, 3.8) is 0 Å². The maximum atomic E-state index is 13.1. The number of thiazole rings is 2. The summed E-state index contributed by atoms with van der Waals surface area (Å²) in [5.41, 5.74) is 2.10. The average molecular weight is 483 g/mol. The summed E-state index contributed by atoms with van der Waals surface area (Å²) in [7, 11) is -3.91. The second-order valence-corrected chi connectivity index (χ2v) is 10.7. The van der Waals surface area contributed by atoms with E-state index >= 15 is 0 Å². The van der Waals surface area contributed by atoms with Crippen molar-refractivity contribution in [2.45, 2.75) is 16.3 Å². The van der Waals surface area contributed by atoms with Crippen LogP contribution in [0.15, 0.2) is 70.2 Å².